The second kappa shape index (κ2) is 7.41. The molecule has 4 rings (SSSR count). The molecule has 6 nitrogen and oxygen atoms in total. The van der Waals surface area contributed by atoms with Gasteiger partial charge in [0.05, 0.1) is 26.3 Å². The standard InChI is InChI=1S/C19H22N4O2.ClH/c1-11-7-8-14-13(9-11)12-5-4-6-15(18(12)20-14)21-19-22-16(24-2)10-17(23-19)25-3;/h7-10,15,20H,4-6H2,1-3H3,(H,21,22,23);1H. The molecule has 2 heterocycles. The maximum atomic E-state index is 5.24. The zero-order valence-corrected chi connectivity index (χ0v) is 15.9. The summed E-state index contributed by atoms with van der Waals surface area (Å²) in [5.74, 6) is 1.49. The highest BCUT2D eigenvalue weighted by molar-refractivity contribution is 5.86. The first-order valence-electron chi connectivity index (χ1n) is 8.52. The van der Waals surface area contributed by atoms with Crippen molar-refractivity contribution < 1.29 is 9.47 Å². The van der Waals surface area contributed by atoms with Gasteiger partial charge in [-0.3, -0.25) is 0 Å². The van der Waals surface area contributed by atoms with Crippen molar-refractivity contribution in [2.45, 2.75) is 32.2 Å². The highest BCUT2D eigenvalue weighted by atomic mass is 35.5. The second-order valence-corrected chi connectivity index (χ2v) is 6.43. The van der Waals surface area contributed by atoms with E-state index in [0.29, 0.717) is 17.7 Å². The van der Waals surface area contributed by atoms with Crippen molar-refractivity contribution >= 4 is 29.3 Å². The first-order chi connectivity index (χ1) is 12.2. The molecule has 2 N–H and O–H groups in total. The Bertz CT molecular complexity index is 903. The van der Waals surface area contributed by atoms with Crippen molar-refractivity contribution in [2.75, 3.05) is 19.5 Å². The first kappa shape index (κ1) is 18.3. The number of aromatic amines is 1. The number of nitrogens with zero attached hydrogens (tertiary/aromatic N) is 2. The highest BCUT2D eigenvalue weighted by Crippen LogP contribution is 2.36. The average Bonchev–Trinajstić information content (AvgIpc) is 3.00. The number of nitrogens with one attached hydrogen (secondary N) is 2. The summed E-state index contributed by atoms with van der Waals surface area (Å²) in [5.41, 5.74) is 5.10. The number of ether oxygens (including phenoxy) is 2. The van der Waals surface area contributed by atoms with Crippen molar-refractivity contribution in [1.82, 2.24) is 15.0 Å². The Labute approximate surface area is 158 Å². The van der Waals surface area contributed by atoms with Gasteiger partial charge in [-0.05, 0) is 43.9 Å². The lowest BCUT2D eigenvalue weighted by atomic mass is 9.91. The fraction of sp³-hybridized carbons (Fsp3) is 0.368. The molecule has 0 spiro atoms. The van der Waals surface area contributed by atoms with Crippen LogP contribution < -0.4 is 14.8 Å². The van der Waals surface area contributed by atoms with Crippen molar-refractivity contribution in [3.8, 4) is 11.8 Å². The van der Waals surface area contributed by atoms with E-state index in [2.05, 4.69) is 45.4 Å². The Morgan fingerprint density at radius 1 is 1.12 bits per heavy atom. The SMILES string of the molecule is COc1cc(OC)nc(NC2CCCc3c2[nH]c2ccc(C)cc32)n1.Cl. The molecule has 0 saturated carbocycles. The van der Waals surface area contributed by atoms with Gasteiger partial charge in [-0.25, -0.2) is 0 Å². The normalized spacial score (nSPS) is 15.9. The Kier molecular flexibility index (Phi) is 5.23. The molecule has 1 aliphatic carbocycles. The minimum Gasteiger partial charge on any atom is -0.481 e. The number of H-pyrrole nitrogens is 1. The molecule has 0 fully saturated rings. The van der Waals surface area contributed by atoms with Crippen molar-refractivity contribution in [3.63, 3.8) is 0 Å². The van der Waals surface area contributed by atoms with E-state index in [0.717, 1.165) is 19.3 Å². The van der Waals surface area contributed by atoms with Crippen LogP contribution in [0.1, 0.15) is 35.7 Å². The van der Waals surface area contributed by atoms with Gasteiger partial charge in [0.1, 0.15) is 0 Å². The lowest BCUT2D eigenvalue weighted by molar-refractivity contribution is 0.372. The third kappa shape index (κ3) is 3.29. The lowest BCUT2D eigenvalue weighted by Gasteiger charge is -2.24. The third-order valence-electron chi connectivity index (χ3n) is 4.76. The first-order valence-corrected chi connectivity index (χ1v) is 8.52. The van der Waals surface area contributed by atoms with Crippen LogP contribution in [0.15, 0.2) is 24.3 Å². The minimum atomic E-state index is 0. The molecule has 1 aromatic carbocycles. The lowest BCUT2D eigenvalue weighted by Crippen LogP contribution is -2.18. The van der Waals surface area contributed by atoms with E-state index in [1.807, 2.05) is 0 Å². The number of rotatable bonds is 4. The highest BCUT2D eigenvalue weighted by Gasteiger charge is 2.25. The molecule has 0 radical (unpaired) electrons. The molecule has 138 valence electrons. The fourth-order valence-electron chi connectivity index (χ4n) is 3.55. The van der Waals surface area contributed by atoms with E-state index >= 15 is 0 Å². The van der Waals surface area contributed by atoms with Crippen molar-refractivity contribution in [2.24, 2.45) is 0 Å². The monoisotopic (exact) mass is 374 g/mol. The van der Waals surface area contributed by atoms with Gasteiger partial charge in [0.25, 0.3) is 0 Å². The van der Waals surface area contributed by atoms with Crippen LogP contribution in [0.5, 0.6) is 11.8 Å². The molecule has 0 bridgehead atoms. The smallest absolute Gasteiger partial charge is 0.229 e. The number of aryl methyl sites for hydroxylation is 2. The Morgan fingerprint density at radius 3 is 2.54 bits per heavy atom. The van der Waals surface area contributed by atoms with Gasteiger partial charge in [0.15, 0.2) is 0 Å². The zero-order valence-electron chi connectivity index (χ0n) is 15.1. The molecule has 3 aromatic rings. The average molecular weight is 375 g/mol. The number of anilines is 1. The third-order valence-corrected chi connectivity index (χ3v) is 4.76. The molecule has 1 unspecified atom stereocenters. The van der Waals surface area contributed by atoms with Crippen LogP contribution in [0.4, 0.5) is 5.95 Å². The molecule has 2 aromatic heterocycles. The number of hydrogen-bond acceptors (Lipinski definition) is 5. The summed E-state index contributed by atoms with van der Waals surface area (Å²) in [6, 6.07) is 8.38. The maximum Gasteiger partial charge on any atom is 0.229 e. The van der Waals surface area contributed by atoms with Gasteiger partial charge in [-0.1, -0.05) is 11.6 Å². The van der Waals surface area contributed by atoms with Crippen LogP contribution in [-0.4, -0.2) is 29.2 Å². The molecular weight excluding hydrogens is 352 g/mol. The van der Waals surface area contributed by atoms with Gasteiger partial charge in [0.2, 0.25) is 17.7 Å². The van der Waals surface area contributed by atoms with Crippen molar-refractivity contribution in [1.29, 1.82) is 0 Å². The summed E-state index contributed by atoms with van der Waals surface area (Å²) in [6.07, 6.45) is 3.26. The summed E-state index contributed by atoms with van der Waals surface area (Å²) in [4.78, 5) is 12.4. The molecule has 0 aliphatic heterocycles. The molecule has 0 amide bonds. The second-order valence-electron chi connectivity index (χ2n) is 6.43. The summed E-state index contributed by atoms with van der Waals surface area (Å²) in [5, 5.41) is 4.77. The van der Waals surface area contributed by atoms with E-state index in [9.17, 15) is 0 Å². The van der Waals surface area contributed by atoms with Gasteiger partial charge in [0, 0.05) is 16.6 Å². The number of fused-ring (bicyclic) bond motifs is 3. The number of aromatic nitrogens is 3. The van der Waals surface area contributed by atoms with E-state index < -0.39 is 0 Å². The predicted octanol–water partition coefficient (Wildman–Crippen LogP) is 4.19. The quantitative estimate of drug-likeness (QED) is 0.716. The molecule has 1 atom stereocenters. The van der Waals surface area contributed by atoms with E-state index in [-0.39, 0.29) is 18.4 Å². The zero-order chi connectivity index (χ0) is 17.4. The van der Waals surface area contributed by atoms with Crippen LogP contribution in [0.3, 0.4) is 0 Å². The molecule has 1 aliphatic rings. The number of benzene rings is 1. The molecular formula is C19H23ClN4O2. The van der Waals surface area contributed by atoms with E-state index in [1.54, 1.807) is 20.3 Å². The van der Waals surface area contributed by atoms with Crippen LogP contribution in [0, 0.1) is 6.92 Å². The molecule has 26 heavy (non-hydrogen) atoms. The molecule has 7 heteroatoms. The van der Waals surface area contributed by atoms with Crippen LogP contribution in [-0.2, 0) is 6.42 Å². The minimum absolute atomic E-state index is 0. The fourth-order valence-corrected chi connectivity index (χ4v) is 3.55. The largest absolute Gasteiger partial charge is 0.481 e. The summed E-state index contributed by atoms with van der Waals surface area (Å²) < 4.78 is 10.5. The number of methoxy groups -OCH3 is 2. The Balaban J connectivity index is 0.00000196. The van der Waals surface area contributed by atoms with E-state index in [1.165, 1.54) is 27.7 Å². The topological polar surface area (TPSA) is 72.1 Å². The van der Waals surface area contributed by atoms with Gasteiger partial charge in [-0.15, -0.1) is 12.4 Å². The number of hydrogen-bond donors (Lipinski definition) is 2. The Morgan fingerprint density at radius 2 is 1.85 bits per heavy atom. The Hall–Kier alpha value is -2.47. The van der Waals surface area contributed by atoms with E-state index in [4.69, 9.17) is 9.47 Å². The van der Waals surface area contributed by atoms with Crippen LogP contribution in [0.2, 0.25) is 0 Å². The van der Waals surface area contributed by atoms with Crippen LogP contribution in [0.25, 0.3) is 10.9 Å². The summed E-state index contributed by atoms with van der Waals surface area (Å²) in [6.45, 7) is 2.13. The summed E-state index contributed by atoms with van der Waals surface area (Å²) >= 11 is 0. The van der Waals surface area contributed by atoms with Gasteiger partial charge in [-0.2, -0.15) is 9.97 Å². The molecule has 0 saturated heterocycles. The summed E-state index contributed by atoms with van der Waals surface area (Å²) in [7, 11) is 3.18. The predicted molar refractivity (Wildman–Crippen MR) is 105 cm³/mol. The number of halogens is 1. The van der Waals surface area contributed by atoms with Gasteiger partial charge < -0.3 is 19.8 Å². The maximum absolute atomic E-state index is 5.24. The van der Waals surface area contributed by atoms with Crippen molar-refractivity contribution in [3.05, 3.63) is 41.1 Å². The van der Waals surface area contributed by atoms with Gasteiger partial charge >= 0.3 is 0 Å². The van der Waals surface area contributed by atoms with Crippen LogP contribution >= 0.6 is 12.4 Å².